The Morgan fingerprint density at radius 2 is 1.78 bits per heavy atom. The zero-order valence-corrected chi connectivity index (χ0v) is 16.7. The molecule has 5 rings (SSSR count). The quantitative estimate of drug-likeness (QED) is 0.431. The van der Waals surface area contributed by atoms with E-state index in [1.54, 1.807) is 36.5 Å². The number of anilines is 2. The summed E-state index contributed by atoms with van der Waals surface area (Å²) in [6.45, 7) is 0.364. The van der Waals surface area contributed by atoms with E-state index in [1.807, 2.05) is 18.2 Å². The second-order valence-electron chi connectivity index (χ2n) is 7.03. The SMILES string of the molecule is Nc1c2c(-c3ccccc3F)nc(NCc3ccccn3)nc2nn1-c1cccc(F)c1. The zero-order valence-electron chi connectivity index (χ0n) is 16.7. The van der Waals surface area contributed by atoms with Crippen molar-refractivity contribution in [1.82, 2.24) is 24.7 Å². The van der Waals surface area contributed by atoms with Gasteiger partial charge in [-0.25, -0.2) is 18.4 Å². The minimum Gasteiger partial charge on any atom is -0.383 e. The Labute approximate surface area is 181 Å². The van der Waals surface area contributed by atoms with Gasteiger partial charge in [0.25, 0.3) is 0 Å². The van der Waals surface area contributed by atoms with Crippen LogP contribution in [0.4, 0.5) is 20.5 Å². The monoisotopic (exact) mass is 429 g/mol. The molecule has 3 aromatic heterocycles. The van der Waals surface area contributed by atoms with E-state index in [0.29, 0.717) is 17.6 Å². The highest BCUT2D eigenvalue weighted by Crippen LogP contribution is 2.34. The lowest BCUT2D eigenvalue weighted by atomic mass is 10.1. The summed E-state index contributed by atoms with van der Waals surface area (Å²) in [5.41, 5.74) is 8.37. The first-order chi connectivity index (χ1) is 15.6. The van der Waals surface area contributed by atoms with Crippen LogP contribution in [0.25, 0.3) is 28.0 Å². The molecule has 7 nitrogen and oxygen atoms in total. The summed E-state index contributed by atoms with van der Waals surface area (Å²) in [5, 5.41) is 7.93. The van der Waals surface area contributed by atoms with Gasteiger partial charge in [-0.2, -0.15) is 4.98 Å². The number of nitrogen functional groups attached to an aromatic ring is 1. The van der Waals surface area contributed by atoms with Gasteiger partial charge in [-0.3, -0.25) is 4.98 Å². The van der Waals surface area contributed by atoms with Gasteiger partial charge in [0.2, 0.25) is 5.95 Å². The highest BCUT2D eigenvalue weighted by Gasteiger charge is 2.21. The number of nitrogens with zero attached hydrogens (tertiary/aromatic N) is 5. The van der Waals surface area contributed by atoms with Gasteiger partial charge in [-0.1, -0.05) is 24.3 Å². The number of hydrogen-bond donors (Lipinski definition) is 2. The van der Waals surface area contributed by atoms with Crippen LogP contribution in [0.15, 0.2) is 72.9 Å². The van der Waals surface area contributed by atoms with E-state index >= 15 is 0 Å². The van der Waals surface area contributed by atoms with Crippen molar-refractivity contribution in [2.45, 2.75) is 6.54 Å². The molecule has 0 unspecified atom stereocenters. The number of aromatic nitrogens is 5. The summed E-state index contributed by atoms with van der Waals surface area (Å²) < 4.78 is 29.8. The van der Waals surface area contributed by atoms with Crippen LogP contribution < -0.4 is 11.1 Å². The van der Waals surface area contributed by atoms with Crippen LogP contribution in [0.5, 0.6) is 0 Å². The van der Waals surface area contributed by atoms with Crippen LogP contribution in [-0.2, 0) is 6.54 Å². The van der Waals surface area contributed by atoms with E-state index in [2.05, 4.69) is 25.4 Å². The van der Waals surface area contributed by atoms with Crippen molar-refractivity contribution >= 4 is 22.8 Å². The van der Waals surface area contributed by atoms with E-state index in [9.17, 15) is 8.78 Å². The molecule has 0 atom stereocenters. The summed E-state index contributed by atoms with van der Waals surface area (Å²) in [4.78, 5) is 13.3. The molecule has 0 fully saturated rings. The molecular formula is C23H17F2N7. The minimum atomic E-state index is -0.457. The van der Waals surface area contributed by atoms with Crippen molar-refractivity contribution in [2.24, 2.45) is 0 Å². The van der Waals surface area contributed by atoms with E-state index in [1.165, 1.54) is 22.9 Å². The van der Waals surface area contributed by atoms with Crippen LogP contribution in [-0.4, -0.2) is 24.7 Å². The van der Waals surface area contributed by atoms with Crippen molar-refractivity contribution in [3.05, 3.63) is 90.3 Å². The third kappa shape index (κ3) is 3.60. The number of halogens is 2. The normalized spacial score (nSPS) is 11.1. The van der Waals surface area contributed by atoms with Gasteiger partial charge in [0, 0.05) is 11.8 Å². The highest BCUT2D eigenvalue weighted by molar-refractivity contribution is 5.99. The lowest BCUT2D eigenvalue weighted by Gasteiger charge is -2.09. The standard InChI is InChI=1S/C23H17F2N7/c24-14-6-5-8-16(12-14)32-21(26)19-20(17-9-1-2-10-18(17)25)29-23(30-22(19)31-32)28-13-15-7-3-4-11-27-15/h1-12H,13,26H2,(H,28,30,31). The number of nitrogens with one attached hydrogen (secondary N) is 1. The van der Waals surface area contributed by atoms with E-state index in [4.69, 9.17) is 5.73 Å². The maximum atomic E-state index is 14.7. The minimum absolute atomic E-state index is 0.181. The Morgan fingerprint density at radius 3 is 2.56 bits per heavy atom. The van der Waals surface area contributed by atoms with Crippen molar-refractivity contribution in [1.29, 1.82) is 0 Å². The van der Waals surface area contributed by atoms with Crippen molar-refractivity contribution in [2.75, 3.05) is 11.1 Å². The molecule has 3 heterocycles. The molecule has 0 bridgehead atoms. The fraction of sp³-hybridized carbons (Fsp3) is 0.0435. The van der Waals surface area contributed by atoms with E-state index < -0.39 is 11.6 Å². The number of nitrogens with two attached hydrogens (primary N) is 1. The Morgan fingerprint density at radius 1 is 0.938 bits per heavy atom. The number of benzene rings is 2. The number of pyridine rings is 1. The van der Waals surface area contributed by atoms with Crippen molar-refractivity contribution < 1.29 is 8.78 Å². The van der Waals surface area contributed by atoms with Gasteiger partial charge in [0.05, 0.1) is 29.0 Å². The first kappa shape index (κ1) is 19.6. The number of rotatable bonds is 5. The summed E-state index contributed by atoms with van der Waals surface area (Å²) in [5.74, 6) is -0.467. The topological polar surface area (TPSA) is 94.5 Å². The molecule has 3 N–H and O–H groups in total. The number of hydrogen-bond acceptors (Lipinski definition) is 6. The predicted molar refractivity (Wildman–Crippen MR) is 118 cm³/mol. The molecule has 0 amide bonds. The average Bonchev–Trinajstić information content (AvgIpc) is 3.15. The van der Waals surface area contributed by atoms with Gasteiger partial charge >= 0.3 is 0 Å². The van der Waals surface area contributed by atoms with Gasteiger partial charge < -0.3 is 11.1 Å². The van der Waals surface area contributed by atoms with Gasteiger partial charge in [0.15, 0.2) is 5.65 Å². The molecule has 0 aliphatic carbocycles. The molecular weight excluding hydrogens is 412 g/mol. The molecule has 0 aliphatic rings. The molecule has 0 saturated carbocycles. The smallest absolute Gasteiger partial charge is 0.225 e. The van der Waals surface area contributed by atoms with Crippen molar-refractivity contribution in [3.8, 4) is 16.9 Å². The van der Waals surface area contributed by atoms with Gasteiger partial charge in [0.1, 0.15) is 17.5 Å². The average molecular weight is 429 g/mol. The summed E-state index contributed by atoms with van der Waals surface area (Å²) in [7, 11) is 0. The molecule has 0 saturated heterocycles. The second kappa shape index (κ2) is 8.03. The second-order valence-corrected chi connectivity index (χ2v) is 7.03. The third-order valence-corrected chi connectivity index (χ3v) is 4.90. The van der Waals surface area contributed by atoms with Gasteiger partial charge in [-0.15, -0.1) is 5.10 Å². The van der Waals surface area contributed by atoms with Crippen LogP contribution >= 0.6 is 0 Å². The van der Waals surface area contributed by atoms with E-state index in [-0.39, 0.29) is 28.7 Å². The molecule has 32 heavy (non-hydrogen) atoms. The van der Waals surface area contributed by atoms with E-state index in [0.717, 1.165) is 5.69 Å². The maximum absolute atomic E-state index is 14.7. The largest absolute Gasteiger partial charge is 0.383 e. The van der Waals surface area contributed by atoms with Gasteiger partial charge in [-0.05, 0) is 42.5 Å². The predicted octanol–water partition coefficient (Wildman–Crippen LogP) is 4.35. The van der Waals surface area contributed by atoms with Crippen LogP contribution in [0.1, 0.15) is 5.69 Å². The third-order valence-electron chi connectivity index (χ3n) is 4.90. The molecule has 5 aromatic rings. The van der Waals surface area contributed by atoms with Crippen LogP contribution in [0, 0.1) is 11.6 Å². The summed E-state index contributed by atoms with van der Waals surface area (Å²) in [6.07, 6.45) is 1.69. The Kier molecular flexibility index (Phi) is 4.91. The van der Waals surface area contributed by atoms with Crippen LogP contribution in [0.2, 0.25) is 0 Å². The Bertz CT molecular complexity index is 1420. The lowest BCUT2D eigenvalue weighted by Crippen LogP contribution is -2.06. The first-order valence-electron chi connectivity index (χ1n) is 9.81. The maximum Gasteiger partial charge on any atom is 0.225 e. The molecule has 0 spiro atoms. The first-order valence-corrected chi connectivity index (χ1v) is 9.81. The summed E-state index contributed by atoms with van der Waals surface area (Å²) >= 11 is 0. The molecule has 2 aromatic carbocycles. The molecule has 9 heteroatoms. The fourth-order valence-corrected chi connectivity index (χ4v) is 3.42. The Hall–Kier alpha value is -4.40. The Balaban J connectivity index is 1.67. The molecule has 0 radical (unpaired) electrons. The molecule has 0 aliphatic heterocycles. The zero-order chi connectivity index (χ0) is 22.1. The van der Waals surface area contributed by atoms with Crippen LogP contribution in [0.3, 0.4) is 0 Å². The summed E-state index contributed by atoms with van der Waals surface area (Å²) in [6, 6.07) is 17.7. The number of fused-ring (bicyclic) bond motifs is 1. The fourth-order valence-electron chi connectivity index (χ4n) is 3.42. The lowest BCUT2D eigenvalue weighted by molar-refractivity contribution is 0.625. The van der Waals surface area contributed by atoms with Crippen molar-refractivity contribution in [3.63, 3.8) is 0 Å². The molecule has 158 valence electrons. The highest BCUT2D eigenvalue weighted by atomic mass is 19.1.